The van der Waals surface area contributed by atoms with Gasteiger partial charge in [0.1, 0.15) is 10.7 Å². The Bertz CT molecular complexity index is 625. The molecule has 1 aromatic rings. The highest BCUT2D eigenvalue weighted by molar-refractivity contribution is 7.89. The minimum atomic E-state index is -3.87. The lowest BCUT2D eigenvalue weighted by Gasteiger charge is -2.34. The van der Waals surface area contributed by atoms with E-state index < -0.39 is 15.8 Å². The monoisotopic (exact) mass is 315 g/mol. The van der Waals surface area contributed by atoms with Crippen molar-refractivity contribution in [2.75, 3.05) is 32.9 Å². The SMILES string of the molecule is Cc1cc(F)c(S(=O)(=O)N(C)C2CCN(C)CC2)cc1N. The molecule has 1 heterocycles. The predicted octanol–water partition coefficient (Wildman–Crippen LogP) is 1.43. The number of nitrogens with two attached hydrogens (primary N) is 1. The first-order chi connectivity index (χ1) is 9.73. The largest absolute Gasteiger partial charge is 0.398 e. The molecule has 1 fully saturated rings. The molecular formula is C14H22FN3O2S. The van der Waals surface area contributed by atoms with Crippen molar-refractivity contribution in [1.82, 2.24) is 9.21 Å². The number of hydrogen-bond acceptors (Lipinski definition) is 4. The summed E-state index contributed by atoms with van der Waals surface area (Å²) >= 11 is 0. The molecule has 0 unspecified atom stereocenters. The highest BCUT2D eigenvalue weighted by atomic mass is 32.2. The Morgan fingerprint density at radius 3 is 2.48 bits per heavy atom. The fourth-order valence-corrected chi connectivity index (χ4v) is 4.07. The Morgan fingerprint density at radius 1 is 1.33 bits per heavy atom. The minimum Gasteiger partial charge on any atom is -0.398 e. The Balaban J connectivity index is 2.31. The lowest BCUT2D eigenvalue weighted by Crippen LogP contribution is -2.44. The molecule has 118 valence electrons. The standard InChI is InChI=1S/C14H22FN3O2S/c1-10-8-12(15)14(9-13(10)16)21(19,20)18(3)11-4-6-17(2)7-5-11/h8-9,11H,4-7,16H2,1-3H3. The van der Waals surface area contributed by atoms with Gasteiger partial charge in [-0.1, -0.05) is 0 Å². The van der Waals surface area contributed by atoms with Crippen LogP contribution in [-0.4, -0.2) is 50.8 Å². The summed E-state index contributed by atoms with van der Waals surface area (Å²) in [5.41, 5.74) is 6.55. The van der Waals surface area contributed by atoms with Crippen LogP contribution in [0.25, 0.3) is 0 Å². The lowest BCUT2D eigenvalue weighted by molar-refractivity contribution is 0.197. The highest BCUT2D eigenvalue weighted by Gasteiger charge is 2.32. The third-order valence-corrected chi connectivity index (χ3v) is 6.10. The maximum atomic E-state index is 14.0. The van der Waals surface area contributed by atoms with Crippen LogP contribution in [0.15, 0.2) is 17.0 Å². The first-order valence-electron chi connectivity index (χ1n) is 6.95. The van der Waals surface area contributed by atoms with Crippen molar-refractivity contribution in [2.45, 2.75) is 30.7 Å². The van der Waals surface area contributed by atoms with E-state index in [-0.39, 0.29) is 16.6 Å². The number of benzene rings is 1. The van der Waals surface area contributed by atoms with Crippen LogP contribution in [0, 0.1) is 12.7 Å². The van der Waals surface area contributed by atoms with Gasteiger partial charge >= 0.3 is 0 Å². The molecule has 1 aliphatic rings. The molecule has 1 aliphatic heterocycles. The van der Waals surface area contributed by atoms with Crippen LogP contribution in [0.3, 0.4) is 0 Å². The fourth-order valence-electron chi connectivity index (χ4n) is 2.58. The maximum absolute atomic E-state index is 14.0. The number of halogens is 1. The number of hydrogen-bond donors (Lipinski definition) is 1. The molecule has 0 amide bonds. The van der Waals surface area contributed by atoms with Gasteiger partial charge in [-0.25, -0.2) is 12.8 Å². The van der Waals surface area contributed by atoms with E-state index in [0.717, 1.165) is 25.9 Å². The van der Waals surface area contributed by atoms with Gasteiger partial charge in [0.2, 0.25) is 10.0 Å². The summed E-state index contributed by atoms with van der Waals surface area (Å²) in [5, 5.41) is 0. The normalized spacial score (nSPS) is 18.3. The van der Waals surface area contributed by atoms with Crippen LogP contribution in [-0.2, 0) is 10.0 Å². The third kappa shape index (κ3) is 3.20. The van der Waals surface area contributed by atoms with E-state index in [0.29, 0.717) is 5.56 Å². The number of aryl methyl sites for hydroxylation is 1. The molecule has 0 radical (unpaired) electrons. The molecule has 2 rings (SSSR count). The van der Waals surface area contributed by atoms with Gasteiger partial charge in [-0.3, -0.25) is 0 Å². The topological polar surface area (TPSA) is 66.6 Å². The van der Waals surface area contributed by atoms with Gasteiger partial charge in [0, 0.05) is 18.8 Å². The van der Waals surface area contributed by atoms with Gasteiger partial charge in [0.15, 0.2) is 0 Å². The second-order valence-corrected chi connectivity index (χ2v) is 7.66. The average Bonchev–Trinajstić information content (AvgIpc) is 2.42. The third-order valence-electron chi connectivity index (χ3n) is 4.18. The van der Waals surface area contributed by atoms with Gasteiger partial charge in [-0.15, -0.1) is 0 Å². The smallest absolute Gasteiger partial charge is 0.246 e. The quantitative estimate of drug-likeness (QED) is 0.857. The summed E-state index contributed by atoms with van der Waals surface area (Å²) in [5.74, 6) is -0.749. The Morgan fingerprint density at radius 2 is 1.90 bits per heavy atom. The first-order valence-corrected chi connectivity index (χ1v) is 8.39. The second kappa shape index (κ2) is 5.90. The lowest BCUT2D eigenvalue weighted by atomic mass is 10.1. The molecular weight excluding hydrogens is 293 g/mol. The molecule has 5 nitrogen and oxygen atoms in total. The molecule has 0 spiro atoms. The number of nitrogens with zero attached hydrogens (tertiary/aromatic N) is 2. The predicted molar refractivity (Wildman–Crippen MR) is 81.0 cm³/mol. The van der Waals surface area contributed by atoms with Gasteiger partial charge in [-0.2, -0.15) is 4.31 Å². The van der Waals surface area contributed by atoms with Crippen molar-refractivity contribution in [3.63, 3.8) is 0 Å². The van der Waals surface area contributed by atoms with Crippen molar-refractivity contribution >= 4 is 15.7 Å². The van der Waals surface area contributed by atoms with E-state index in [1.54, 1.807) is 6.92 Å². The summed E-state index contributed by atoms with van der Waals surface area (Å²) in [7, 11) is -0.346. The number of rotatable bonds is 3. The van der Waals surface area contributed by atoms with E-state index in [1.165, 1.54) is 23.5 Å². The number of likely N-dealkylation sites (tertiary alicyclic amines) is 1. The Hall–Kier alpha value is -1.18. The first kappa shape index (κ1) is 16.2. The molecule has 1 saturated heterocycles. The van der Waals surface area contributed by atoms with Crippen LogP contribution in [0.5, 0.6) is 0 Å². The van der Waals surface area contributed by atoms with Gasteiger partial charge in [-0.05, 0) is 57.6 Å². The van der Waals surface area contributed by atoms with Crippen molar-refractivity contribution in [2.24, 2.45) is 0 Å². The summed E-state index contributed by atoms with van der Waals surface area (Å²) < 4.78 is 40.6. The zero-order valence-electron chi connectivity index (χ0n) is 12.6. The number of nitrogen functional groups attached to an aromatic ring is 1. The van der Waals surface area contributed by atoms with E-state index >= 15 is 0 Å². The van der Waals surface area contributed by atoms with Gasteiger partial charge in [0.25, 0.3) is 0 Å². The molecule has 0 bridgehead atoms. The van der Waals surface area contributed by atoms with Crippen LogP contribution < -0.4 is 5.73 Å². The van der Waals surface area contributed by atoms with E-state index in [2.05, 4.69) is 4.90 Å². The van der Waals surface area contributed by atoms with Crippen LogP contribution in [0.2, 0.25) is 0 Å². The van der Waals surface area contributed by atoms with Crippen LogP contribution >= 0.6 is 0 Å². The minimum absolute atomic E-state index is 0.104. The molecule has 0 atom stereocenters. The maximum Gasteiger partial charge on any atom is 0.246 e. The van der Waals surface area contributed by atoms with Crippen molar-refractivity contribution in [1.29, 1.82) is 0 Å². The molecule has 2 N–H and O–H groups in total. The Kier molecular flexibility index (Phi) is 4.55. The van der Waals surface area contributed by atoms with Crippen molar-refractivity contribution < 1.29 is 12.8 Å². The molecule has 0 aromatic heterocycles. The van der Waals surface area contributed by atoms with E-state index in [4.69, 9.17) is 5.73 Å². The zero-order chi connectivity index (χ0) is 15.8. The average molecular weight is 315 g/mol. The summed E-state index contributed by atoms with van der Waals surface area (Å²) in [6, 6.07) is 2.28. The van der Waals surface area contributed by atoms with Crippen molar-refractivity contribution in [3.05, 3.63) is 23.5 Å². The molecule has 0 aliphatic carbocycles. The van der Waals surface area contributed by atoms with Crippen LogP contribution in [0.1, 0.15) is 18.4 Å². The highest BCUT2D eigenvalue weighted by Crippen LogP contribution is 2.27. The molecule has 21 heavy (non-hydrogen) atoms. The number of sulfonamides is 1. The van der Waals surface area contributed by atoms with Crippen LogP contribution in [0.4, 0.5) is 10.1 Å². The molecule has 0 saturated carbocycles. The van der Waals surface area contributed by atoms with E-state index in [1.807, 2.05) is 7.05 Å². The number of anilines is 1. The van der Waals surface area contributed by atoms with Gasteiger partial charge in [0.05, 0.1) is 0 Å². The second-order valence-electron chi connectivity index (χ2n) is 5.69. The zero-order valence-corrected chi connectivity index (χ0v) is 13.5. The summed E-state index contributed by atoms with van der Waals surface area (Å²) in [6.07, 6.45) is 1.49. The fraction of sp³-hybridized carbons (Fsp3) is 0.571. The summed E-state index contributed by atoms with van der Waals surface area (Å²) in [4.78, 5) is 1.81. The van der Waals surface area contributed by atoms with Crippen molar-refractivity contribution in [3.8, 4) is 0 Å². The van der Waals surface area contributed by atoms with Gasteiger partial charge < -0.3 is 10.6 Å². The van der Waals surface area contributed by atoms with E-state index in [9.17, 15) is 12.8 Å². The summed E-state index contributed by atoms with van der Waals surface area (Å²) in [6.45, 7) is 3.32. The molecule has 7 heteroatoms. The molecule has 1 aromatic carbocycles. The Labute approximate surface area is 125 Å². The number of piperidine rings is 1.